The number of nitrogens with zero attached hydrogens (tertiary/aromatic N) is 3. The Morgan fingerprint density at radius 2 is 2.36 bits per heavy atom. The fourth-order valence-electron chi connectivity index (χ4n) is 0.806. The summed E-state index contributed by atoms with van der Waals surface area (Å²) in [5.41, 5.74) is 0.656. The van der Waals surface area contributed by atoms with Gasteiger partial charge in [-0.15, -0.1) is 0 Å². The number of halogens is 2. The lowest BCUT2D eigenvalue weighted by Crippen LogP contribution is -1.88. The van der Waals surface area contributed by atoms with E-state index in [1.54, 1.807) is 10.6 Å². The molecule has 11 heavy (non-hydrogen) atoms. The third kappa shape index (κ3) is 1.18. The Bertz CT molecular complexity index is 440. The fraction of sp³-hybridized carbons (Fsp3) is 0. The third-order valence-electron chi connectivity index (χ3n) is 1.24. The second-order valence-electron chi connectivity index (χ2n) is 1.94. The van der Waals surface area contributed by atoms with E-state index in [0.717, 1.165) is 0 Å². The van der Waals surface area contributed by atoms with Crippen LogP contribution in [-0.4, -0.2) is 14.4 Å². The lowest BCUT2D eigenvalue weighted by atomic mass is 10.7. The lowest BCUT2D eigenvalue weighted by Gasteiger charge is -1.95. The predicted octanol–water partition coefficient (Wildman–Crippen LogP) is 2.25. The molecule has 0 radical (unpaired) electrons. The number of imidazole rings is 1. The van der Waals surface area contributed by atoms with Crippen LogP contribution in [0.4, 0.5) is 0 Å². The zero-order chi connectivity index (χ0) is 8.72. The average Bonchev–Trinajstić information content (AvgIpc) is 2.33. The van der Waals surface area contributed by atoms with Crippen LogP contribution in [0.3, 0.4) is 0 Å². The van der Waals surface area contributed by atoms with Crippen molar-refractivity contribution < 1.29 is 1.37 Å². The van der Waals surface area contributed by atoms with E-state index in [1.165, 1.54) is 6.20 Å². The molecule has 2 aromatic heterocycles. The highest BCUT2D eigenvalue weighted by atomic mass is 79.9. The first kappa shape index (κ1) is 6.14. The monoisotopic (exact) mass is 276 g/mol. The molecule has 0 atom stereocenters. The molecule has 0 N–H and O–H groups in total. The smallest absolute Gasteiger partial charge is 0.170 e. The van der Waals surface area contributed by atoms with Gasteiger partial charge in [0.25, 0.3) is 0 Å². The maximum absolute atomic E-state index is 7.47. The van der Waals surface area contributed by atoms with Gasteiger partial charge in [-0.05, 0) is 31.9 Å². The van der Waals surface area contributed by atoms with Crippen molar-refractivity contribution in [1.29, 1.82) is 0 Å². The summed E-state index contributed by atoms with van der Waals surface area (Å²) in [4.78, 5) is 8.09. The van der Waals surface area contributed by atoms with Gasteiger partial charge in [0.1, 0.15) is 4.60 Å². The molecule has 0 fully saturated rings. The van der Waals surface area contributed by atoms with Gasteiger partial charge in [-0.25, -0.2) is 9.97 Å². The van der Waals surface area contributed by atoms with Gasteiger partial charge in [-0.2, -0.15) is 0 Å². The van der Waals surface area contributed by atoms with Crippen LogP contribution in [0.15, 0.2) is 27.8 Å². The fourth-order valence-corrected chi connectivity index (χ4v) is 1.91. The Morgan fingerprint density at radius 1 is 1.55 bits per heavy atom. The van der Waals surface area contributed by atoms with Crippen LogP contribution < -0.4 is 0 Å². The zero-order valence-electron chi connectivity index (χ0n) is 6.25. The molecule has 0 aliphatic rings. The Balaban J connectivity index is 2.92. The quantitative estimate of drug-likeness (QED) is 0.739. The standard InChI is InChI=1S/C6H3Br2N3/c7-4-3-11-2-1-9-6(11)5(8)10-4/h1-3H/i2D. The van der Waals surface area contributed by atoms with E-state index < -0.39 is 0 Å². The highest BCUT2D eigenvalue weighted by Crippen LogP contribution is 2.16. The molecule has 3 nitrogen and oxygen atoms in total. The van der Waals surface area contributed by atoms with E-state index in [2.05, 4.69) is 41.8 Å². The van der Waals surface area contributed by atoms with Crippen molar-refractivity contribution in [1.82, 2.24) is 14.4 Å². The van der Waals surface area contributed by atoms with Gasteiger partial charge in [0.15, 0.2) is 10.3 Å². The van der Waals surface area contributed by atoms with Gasteiger partial charge < -0.3 is 4.40 Å². The first-order chi connectivity index (χ1) is 5.68. The van der Waals surface area contributed by atoms with E-state index in [-0.39, 0.29) is 0 Å². The zero-order valence-corrected chi connectivity index (χ0v) is 8.42. The van der Waals surface area contributed by atoms with Crippen molar-refractivity contribution in [3.05, 3.63) is 27.8 Å². The minimum atomic E-state index is 0.341. The van der Waals surface area contributed by atoms with Gasteiger partial charge in [0, 0.05) is 18.6 Å². The second kappa shape index (κ2) is 2.57. The molecular formula is C6H3Br2N3. The van der Waals surface area contributed by atoms with E-state index >= 15 is 0 Å². The van der Waals surface area contributed by atoms with Gasteiger partial charge in [-0.1, -0.05) is 0 Å². The van der Waals surface area contributed by atoms with Crippen molar-refractivity contribution in [2.45, 2.75) is 0 Å². The van der Waals surface area contributed by atoms with Gasteiger partial charge in [0.2, 0.25) is 0 Å². The van der Waals surface area contributed by atoms with E-state index in [1.807, 2.05) is 0 Å². The van der Waals surface area contributed by atoms with Crippen LogP contribution in [0.2, 0.25) is 0 Å². The van der Waals surface area contributed by atoms with Crippen molar-refractivity contribution in [3.8, 4) is 0 Å². The number of rotatable bonds is 0. The maximum Gasteiger partial charge on any atom is 0.170 e. The molecule has 0 aliphatic heterocycles. The molecule has 0 unspecified atom stereocenters. The summed E-state index contributed by atoms with van der Waals surface area (Å²) < 4.78 is 10.4. The van der Waals surface area contributed by atoms with Crippen LogP contribution in [0.1, 0.15) is 1.37 Å². The summed E-state index contributed by atoms with van der Waals surface area (Å²) in [6.45, 7) is 0. The molecule has 0 aromatic carbocycles. The van der Waals surface area contributed by atoms with Crippen molar-refractivity contribution in [2.75, 3.05) is 0 Å². The topological polar surface area (TPSA) is 30.2 Å². The molecule has 0 bridgehead atoms. The van der Waals surface area contributed by atoms with Crippen molar-refractivity contribution in [2.24, 2.45) is 0 Å². The minimum Gasteiger partial charge on any atom is -0.302 e. The van der Waals surface area contributed by atoms with Crippen LogP contribution >= 0.6 is 31.9 Å². The molecule has 2 heterocycles. The predicted molar refractivity (Wildman–Crippen MR) is 48.4 cm³/mol. The van der Waals surface area contributed by atoms with E-state index in [9.17, 15) is 0 Å². The van der Waals surface area contributed by atoms with Crippen LogP contribution in [0.5, 0.6) is 0 Å². The minimum absolute atomic E-state index is 0.341. The van der Waals surface area contributed by atoms with Gasteiger partial charge in [0.05, 0.1) is 1.37 Å². The van der Waals surface area contributed by atoms with E-state index in [0.29, 0.717) is 21.0 Å². The number of hydrogen-bond acceptors (Lipinski definition) is 2. The molecule has 56 valence electrons. The van der Waals surface area contributed by atoms with Crippen LogP contribution in [-0.2, 0) is 0 Å². The maximum atomic E-state index is 7.47. The SMILES string of the molecule is [2H]c1cnc2c(Br)nc(Br)cn12. The highest BCUT2D eigenvalue weighted by Gasteiger charge is 2.01. The molecular weight excluding hydrogens is 274 g/mol. The highest BCUT2D eigenvalue weighted by molar-refractivity contribution is 9.11. The summed E-state index contributed by atoms with van der Waals surface area (Å²) >= 11 is 6.48. The summed E-state index contributed by atoms with van der Waals surface area (Å²) in [5.74, 6) is 0. The summed E-state index contributed by atoms with van der Waals surface area (Å²) in [5, 5.41) is 0. The molecule has 0 amide bonds. The van der Waals surface area contributed by atoms with Crippen LogP contribution in [0, 0.1) is 0 Å². The van der Waals surface area contributed by atoms with Crippen molar-refractivity contribution >= 4 is 37.5 Å². The number of aromatic nitrogens is 3. The normalized spacial score (nSPS) is 12.0. The molecule has 0 saturated carbocycles. The number of hydrogen-bond donors (Lipinski definition) is 0. The summed E-state index contributed by atoms with van der Waals surface area (Å²) in [7, 11) is 0. The Hall–Kier alpha value is -0.420. The summed E-state index contributed by atoms with van der Waals surface area (Å²) in [6.07, 6.45) is 3.53. The molecule has 2 rings (SSSR count). The Labute approximate surface area is 81.1 Å². The Morgan fingerprint density at radius 3 is 3.18 bits per heavy atom. The second-order valence-corrected chi connectivity index (χ2v) is 3.50. The molecule has 0 aliphatic carbocycles. The lowest BCUT2D eigenvalue weighted by molar-refractivity contribution is 1.08. The first-order valence-electron chi connectivity index (χ1n) is 3.34. The molecule has 0 saturated heterocycles. The van der Waals surface area contributed by atoms with E-state index in [4.69, 9.17) is 1.37 Å². The third-order valence-corrected chi connectivity index (χ3v) is 2.15. The largest absolute Gasteiger partial charge is 0.302 e. The summed E-state index contributed by atoms with van der Waals surface area (Å²) in [6, 6.07) is 0. The molecule has 5 heteroatoms. The van der Waals surface area contributed by atoms with Crippen LogP contribution in [0.25, 0.3) is 5.65 Å². The van der Waals surface area contributed by atoms with Crippen molar-refractivity contribution in [3.63, 3.8) is 0 Å². The van der Waals surface area contributed by atoms with Gasteiger partial charge >= 0.3 is 0 Å². The van der Waals surface area contributed by atoms with Gasteiger partial charge in [-0.3, -0.25) is 0 Å². The number of fused-ring (bicyclic) bond motifs is 1. The first-order valence-corrected chi connectivity index (χ1v) is 4.43. The molecule has 0 spiro atoms. The average molecular weight is 278 g/mol. The Kier molecular flexibility index (Phi) is 1.43. The molecule has 2 aromatic rings.